The highest BCUT2D eigenvalue weighted by Gasteiger charge is 2.17. The molecule has 0 aliphatic rings. The Balaban J connectivity index is 1.85. The molecule has 0 saturated heterocycles. The number of Topliss-reactive ketones (excluding diaryl/α,β-unsaturated/α-hetero) is 1. The molecule has 0 fully saturated rings. The lowest BCUT2D eigenvalue weighted by Gasteiger charge is -2.21. The highest BCUT2D eigenvalue weighted by Crippen LogP contribution is 2.26. The van der Waals surface area contributed by atoms with Gasteiger partial charge in [-0.25, -0.2) is 0 Å². The summed E-state index contributed by atoms with van der Waals surface area (Å²) in [7, 11) is 0. The summed E-state index contributed by atoms with van der Waals surface area (Å²) < 4.78 is 1.19. The van der Waals surface area contributed by atoms with Gasteiger partial charge in [0.1, 0.15) is 0 Å². The number of carbonyl (C=O) groups excluding carboxylic acids is 1. The summed E-state index contributed by atoms with van der Waals surface area (Å²) in [6.45, 7) is 4.38. The molecule has 0 saturated carbocycles. The lowest BCUT2D eigenvalue weighted by Crippen LogP contribution is -2.16. The van der Waals surface area contributed by atoms with Gasteiger partial charge in [0.05, 0.1) is 6.04 Å². The predicted molar refractivity (Wildman–Crippen MR) is 121 cm³/mol. The molecule has 0 aliphatic carbocycles. The SMILES string of the molecule is CC(C)c1ccc(C(CC(=O)c2ccccc2)Nc2ccc(I)cc2)cc1. The summed E-state index contributed by atoms with van der Waals surface area (Å²) in [6.07, 6.45) is 0.414. The summed E-state index contributed by atoms with van der Waals surface area (Å²) in [5, 5.41) is 3.55. The van der Waals surface area contributed by atoms with Crippen LogP contribution in [0.4, 0.5) is 5.69 Å². The molecule has 0 amide bonds. The molecule has 1 N–H and O–H groups in total. The van der Waals surface area contributed by atoms with E-state index in [1.807, 2.05) is 30.3 Å². The van der Waals surface area contributed by atoms with Gasteiger partial charge < -0.3 is 5.32 Å². The molecule has 2 nitrogen and oxygen atoms in total. The number of hydrogen-bond acceptors (Lipinski definition) is 2. The number of ketones is 1. The lowest BCUT2D eigenvalue weighted by molar-refractivity contribution is 0.0976. The predicted octanol–water partition coefficient (Wildman–Crippen LogP) is 6.84. The maximum Gasteiger partial charge on any atom is 0.165 e. The van der Waals surface area contributed by atoms with Crippen molar-refractivity contribution in [2.45, 2.75) is 32.2 Å². The fourth-order valence-corrected chi connectivity index (χ4v) is 3.40. The van der Waals surface area contributed by atoms with Crippen molar-refractivity contribution in [3.05, 3.63) is 99.1 Å². The quantitative estimate of drug-likeness (QED) is 0.303. The van der Waals surface area contributed by atoms with Gasteiger partial charge in [0.15, 0.2) is 5.78 Å². The van der Waals surface area contributed by atoms with Crippen molar-refractivity contribution >= 4 is 34.1 Å². The Bertz CT molecular complexity index is 871. The van der Waals surface area contributed by atoms with Crippen LogP contribution in [0.3, 0.4) is 0 Å². The van der Waals surface area contributed by atoms with Crippen LogP contribution in [0.2, 0.25) is 0 Å². The molecule has 0 aliphatic heterocycles. The van der Waals surface area contributed by atoms with Gasteiger partial charge in [0.2, 0.25) is 0 Å². The van der Waals surface area contributed by atoms with E-state index in [2.05, 4.69) is 90.3 Å². The Morgan fingerprint density at radius 3 is 2.04 bits per heavy atom. The Hall–Kier alpha value is -2.14. The zero-order chi connectivity index (χ0) is 19.2. The van der Waals surface area contributed by atoms with Crippen molar-refractivity contribution in [2.75, 3.05) is 5.32 Å². The van der Waals surface area contributed by atoms with Crippen LogP contribution in [0.25, 0.3) is 0 Å². The van der Waals surface area contributed by atoms with Crippen LogP contribution in [0.15, 0.2) is 78.9 Å². The maximum absolute atomic E-state index is 12.8. The molecule has 0 aromatic heterocycles. The topological polar surface area (TPSA) is 29.1 Å². The molecule has 0 heterocycles. The fourth-order valence-electron chi connectivity index (χ4n) is 3.04. The van der Waals surface area contributed by atoms with E-state index in [4.69, 9.17) is 0 Å². The summed E-state index contributed by atoms with van der Waals surface area (Å²) in [5.74, 6) is 0.638. The van der Waals surface area contributed by atoms with Crippen LogP contribution in [0.5, 0.6) is 0 Å². The molecule has 0 bridgehead atoms. The monoisotopic (exact) mass is 469 g/mol. The van der Waals surface area contributed by atoms with Gasteiger partial charge in [-0.2, -0.15) is 0 Å². The number of rotatable bonds is 7. The van der Waals surface area contributed by atoms with Gasteiger partial charge in [-0.15, -0.1) is 0 Å². The second-order valence-electron chi connectivity index (χ2n) is 7.02. The minimum atomic E-state index is -0.0704. The van der Waals surface area contributed by atoms with E-state index in [0.717, 1.165) is 16.8 Å². The molecule has 27 heavy (non-hydrogen) atoms. The van der Waals surface area contributed by atoms with Crippen molar-refractivity contribution in [3.8, 4) is 0 Å². The number of benzene rings is 3. The van der Waals surface area contributed by atoms with E-state index in [1.165, 1.54) is 9.13 Å². The van der Waals surface area contributed by atoms with Crippen molar-refractivity contribution in [2.24, 2.45) is 0 Å². The van der Waals surface area contributed by atoms with Crippen LogP contribution in [0.1, 0.15) is 53.7 Å². The number of halogens is 1. The summed E-state index contributed by atoms with van der Waals surface area (Å²) >= 11 is 2.30. The second kappa shape index (κ2) is 9.18. The summed E-state index contributed by atoms with van der Waals surface area (Å²) in [4.78, 5) is 12.8. The average Bonchev–Trinajstić information content (AvgIpc) is 2.70. The third-order valence-electron chi connectivity index (χ3n) is 4.68. The van der Waals surface area contributed by atoms with Gasteiger partial charge in [-0.3, -0.25) is 4.79 Å². The number of anilines is 1. The summed E-state index contributed by atoms with van der Waals surface area (Å²) in [5.41, 5.74) is 4.21. The first-order valence-corrected chi connectivity index (χ1v) is 10.3. The van der Waals surface area contributed by atoms with Gasteiger partial charge in [-0.1, -0.05) is 68.4 Å². The molecule has 138 valence electrons. The van der Waals surface area contributed by atoms with E-state index in [9.17, 15) is 4.79 Å². The Morgan fingerprint density at radius 1 is 0.852 bits per heavy atom. The lowest BCUT2D eigenvalue weighted by atomic mass is 9.95. The highest BCUT2D eigenvalue weighted by molar-refractivity contribution is 14.1. The van der Waals surface area contributed by atoms with Gasteiger partial charge in [-0.05, 0) is 63.9 Å². The van der Waals surface area contributed by atoms with E-state index in [0.29, 0.717) is 12.3 Å². The number of carbonyl (C=O) groups is 1. The molecule has 1 unspecified atom stereocenters. The Labute approximate surface area is 175 Å². The van der Waals surface area contributed by atoms with Gasteiger partial charge in [0, 0.05) is 21.2 Å². The highest BCUT2D eigenvalue weighted by atomic mass is 127. The number of nitrogens with one attached hydrogen (secondary N) is 1. The van der Waals surface area contributed by atoms with Crippen molar-refractivity contribution < 1.29 is 4.79 Å². The molecular weight excluding hydrogens is 445 g/mol. The largest absolute Gasteiger partial charge is 0.378 e. The molecule has 3 aromatic carbocycles. The van der Waals surface area contributed by atoms with Crippen molar-refractivity contribution in [3.63, 3.8) is 0 Å². The maximum atomic E-state index is 12.8. The zero-order valence-electron chi connectivity index (χ0n) is 15.7. The fraction of sp³-hybridized carbons (Fsp3) is 0.208. The molecule has 3 aromatic rings. The second-order valence-corrected chi connectivity index (χ2v) is 8.26. The first-order valence-electron chi connectivity index (χ1n) is 9.23. The van der Waals surface area contributed by atoms with Crippen molar-refractivity contribution in [1.82, 2.24) is 0 Å². The van der Waals surface area contributed by atoms with Gasteiger partial charge >= 0.3 is 0 Å². The Kier molecular flexibility index (Phi) is 6.67. The van der Waals surface area contributed by atoms with Crippen LogP contribution in [-0.2, 0) is 0 Å². The van der Waals surface area contributed by atoms with Crippen LogP contribution < -0.4 is 5.32 Å². The van der Waals surface area contributed by atoms with Crippen LogP contribution >= 0.6 is 22.6 Å². The first kappa shape index (κ1) is 19.6. The van der Waals surface area contributed by atoms with E-state index in [-0.39, 0.29) is 11.8 Å². The van der Waals surface area contributed by atoms with Crippen LogP contribution in [0, 0.1) is 3.57 Å². The smallest absolute Gasteiger partial charge is 0.165 e. The van der Waals surface area contributed by atoms with Gasteiger partial charge in [0.25, 0.3) is 0 Å². The average molecular weight is 469 g/mol. The zero-order valence-corrected chi connectivity index (χ0v) is 17.8. The number of hydrogen-bond donors (Lipinski definition) is 1. The molecule has 0 radical (unpaired) electrons. The molecule has 3 rings (SSSR count). The minimum Gasteiger partial charge on any atom is -0.378 e. The minimum absolute atomic E-state index is 0.0704. The van der Waals surface area contributed by atoms with E-state index >= 15 is 0 Å². The van der Waals surface area contributed by atoms with Crippen LogP contribution in [-0.4, -0.2) is 5.78 Å². The molecular formula is C24H24INO. The Morgan fingerprint density at radius 2 is 1.44 bits per heavy atom. The molecule has 0 spiro atoms. The third-order valence-corrected chi connectivity index (χ3v) is 5.40. The van der Waals surface area contributed by atoms with E-state index in [1.54, 1.807) is 0 Å². The third kappa shape index (κ3) is 5.42. The van der Waals surface area contributed by atoms with Crippen molar-refractivity contribution in [1.29, 1.82) is 0 Å². The molecule has 3 heteroatoms. The normalized spacial score (nSPS) is 12.0. The first-order chi connectivity index (χ1) is 13.0. The van der Waals surface area contributed by atoms with E-state index < -0.39 is 0 Å². The standard InChI is InChI=1S/C24H24INO/c1-17(2)18-8-10-19(11-9-18)23(26-22-14-12-21(25)13-15-22)16-24(27)20-6-4-3-5-7-20/h3-15,17,23,26H,16H2,1-2H3. The molecule has 1 atom stereocenters. The summed E-state index contributed by atoms with van der Waals surface area (Å²) in [6, 6.07) is 26.3.